The lowest BCUT2D eigenvalue weighted by molar-refractivity contribution is -0.126. The molecule has 1 fully saturated rings. The number of hydrogen-bond acceptors (Lipinski definition) is 6. The Bertz CT molecular complexity index is 792. The molecule has 138 valence electrons. The van der Waals surface area contributed by atoms with Crippen LogP contribution < -0.4 is 15.0 Å². The molecule has 3 rings (SSSR count). The summed E-state index contributed by atoms with van der Waals surface area (Å²) in [4.78, 5) is 26.4. The molecule has 1 unspecified atom stereocenters. The van der Waals surface area contributed by atoms with Crippen molar-refractivity contribution in [1.29, 1.82) is 0 Å². The maximum absolute atomic E-state index is 12.5. The third kappa shape index (κ3) is 4.01. The van der Waals surface area contributed by atoms with Crippen LogP contribution in [0.5, 0.6) is 5.75 Å². The molecule has 1 aliphatic heterocycles. The number of carbonyl (C=O) groups excluding carboxylic acids is 2. The number of methoxy groups -OCH3 is 1. The molecule has 0 radical (unpaired) electrons. The molecular formula is C18H22N4O3S. The summed E-state index contributed by atoms with van der Waals surface area (Å²) in [6.07, 6.45) is 2.03. The Labute approximate surface area is 156 Å². The van der Waals surface area contributed by atoms with E-state index in [1.165, 1.54) is 11.3 Å². The SMILES string of the molecule is CCCc1nnc(N2CC(C(=O)NCc3ccccc3OC)CC2=O)s1. The van der Waals surface area contributed by atoms with E-state index in [1.54, 1.807) is 12.0 Å². The number of hydrogen-bond donors (Lipinski definition) is 1. The van der Waals surface area contributed by atoms with Gasteiger partial charge in [0.1, 0.15) is 10.8 Å². The first kappa shape index (κ1) is 18.3. The minimum atomic E-state index is -0.379. The van der Waals surface area contributed by atoms with Crippen LogP contribution in [0.3, 0.4) is 0 Å². The molecule has 0 bridgehead atoms. The number of nitrogens with zero attached hydrogens (tertiary/aromatic N) is 3. The van der Waals surface area contributed by atoms with Crippen LogP contribution in [0.4, 0.5) is 5.13 Å². The van der Waals surface area contributed by atoms with Gasteiger partial charge in [0.15, 0.2) is 0 Å². The van der Waals surface area contributed by atoms with Gasteiger partial charge in [0.05, 0.1) is 13.0 Å². The van der Waals surface area contributed by atoms with Gasteiger partial charge in [0, 0.05) is 31.5 Å². The van der Waals surface area contributed by atoms with E-state index < -0.39 is 0 Å². The number of rotatable bonds is 7. The Morgan fingerprint density at radius 3 is 2.96 bits per heavy atom. The van der Waals surface area contributed by atoms with Crippen LogP contribution in [-0.4, -0.2) is 35.7 Å². The first-order valence-electron chi connectivity index (χ1n) is 8.64. The van der Waals surface area contributed by atoms with Gasteiger partial charge in [0.25, 0.3) is 0 Å². The molecule has 1 saturated heterocycles. The number of para-hydroxylation sites is 1. The number of carbonyl (C=O) groups is 2. The molecule has 1 aromatic heterocycles. The first-order chi connectivity index (χ1) is 12.6. The topological polar surface area (TPSA) is 84.4 Å². The van der Waals surface area contributed by atoms with Crippen LogP contribution in [0.1, 0.15) is 30.3 Å². The van der Waals surface area contributed by atoms with Crippen molar-refractivity contribution in [2.45, 2.75) is 32.7 Å². The third-order valence-electron chi connectivity index (χ3n) is 4.29. The zero-order chi connectivity index (χ0) is 18.5. The van der Waals surface area contributed by atoms with Crippen LogP contribution >= 0.6 is 11.3 Å². The Hall–Kier alpha value is -2.48. The van der Waals surface area contributed by atoms with E-state index in [0.29, 0.717) is 18.2 Å². The fourth-order valence-electron chi connectivity index (χ4n) is 2.91. The number of aromatic nitrogens is 2. The van der Waals surface area contributed by atoms with Gasteiger partial charge in [-0.3, -0.25) is 14.5 Å². The van der Waals surface area contributed by atoms with E-state index in [1.807, 2.05) is 24.3 Å². The molecule has 1 aliphatic rings. The van der Waals surface area contributed by atoms with Gasteiger partial charge in [-0.2, -0.15) is 0 Å². The fraction of sp³-hybridized carbons (Fsp3) is 0.444. The normalized spacial score (nSPS) is 16.8. The number of anilines is 1. The molecule has 1 aromatic carbocycles. The molecular weight excluding hydrogens is 352 g/mol. The second-order valence-electron chi connectivity index (χ2n) is 6.16. The Morgan fingerprint density at radius 2 is 2.19 bits per heavy atom. The van der Waals surface area contributed by atoms with Crippen LogP contribution in [0.15, 0.2) is 24.3 Å². The summed E-state index contributed by atoms with van der Waals surface area (Å²) in [5.74, 6) is 0.136. The predicted octanol–water partition coefficient (Wildman–Crippen LogP) is 2.17. The maximum atomic E-state index is 12.5. The van der Waals surface area contributed by atoms with E-state index in [2.05, 4.69) is 22.4 Å². The highest BCUT2D eigenvalue weighted by molar-refractivity contribution is 7.15. The van der Waals surface area contributed by atoms with Crippen molar-refractivity contribution < 1.29 is 14.3 Å². The lowest BCUT2D eigenvalue weighted by atomic mass is 10.1. The van der Waals surface area contributed by atoms with Gasteiger partial charge in [-0.05, 0) is 12.5 Å². The van der Waals surface area contributed by atoms with Gasteiger partial charge in [0.2, 0.25) is 16.9 Å². The van der Waals surface area contributed by atoms with Crippen LogP contribution in [0.25, 0.3) is 0 Å². The molecule has 1 atom stereocenters. The van der Waals surface area contributed by atoms with Crippen LogP contribution in [0.2, 0.25) is 0 Å². The van der Waals surface area contributed by atoms with Crippen LogP contribution in [-0.2, 0) is 22.6 Å². The van der Waals surface area contributed by atoms with Crippen molar-refractivity contribution in [3.05, 3.63) is 34.8 Å². The van der Waals surface area contributed by atoms with E-state index >= 15 is 0 Å². The quantitative estimate of drug-likeness (QED) is 0.803. The average molecular weight is 374 g/mol. The van der Waals surface area contributed by atoms with Crippen molar-refractivity contribution in [2.24, 2.45) is 5.92 Å². The lowest BCUT2D eigenvalue weighted by Crippen LogP contribution is -2.32. The van der Waals surface area contributed by atoms with Crippen molar-refractivity contribution in [3.63, 3.8) is 0 Å². The summed E-state index contributed by atoms with van der Waals surface area (Å²) in [5.41, 5.74) is 0.901. The largest absolute Gasteiger partial charge is 0.496 e. The second kappa shape index (κ2) is 8.27. The predicted molar refractivity (Wildman–Crippen MR) is 99.2 cm³/mol. The average Bonchev–Trinajstić information content (AvgIpc) is 3.26. The number of aryl methyl sites for hydroxylation is 1. The Morgan fingerprint density at radius 1 is 1.38 bits per heavy atom. The molecule has 2 heterocycles. The number of amides is 2. The fourth-order valence-corrected chi connectivity index (χ4v) is 3.88. The zero-order valence-corrected chi connectivity index (χ0v) is 15.7. The summed E-state index contributed by atoms with van der Waals surface area (Å²) >= 11 is 1.42. The minimum Gasteiger partial charge on any atom is -0.496 e. The van der Waals surface area contributed by atoms with E-state index in [4.69, 9.17) is 4.74 Å². The molecule has 7 nitrogen and oxygen atoms in total. The lowest BCUT2D eigenvalue weighted by Gasteiger charge is -2.13. The minimum absolute atomic E-state index is 0.0818. The third-order valence-corrected chi connectivity index (χ3v) is 5.30. The maximum Gasteiger partial charge on any atom is 0.229 e. The summed E-state index contributed by atoms with van der Waals surface area (Å²) in [7, 11) is 1.60. The van der Waals surface area contributed by atoms with Gasteiger partial charge < -0.3 is 10.1 Å². The highest BCUT2D eigenvalue weighted by atomic mass is 32.1. The number of ether oxygens (including phenoxy) is 1. The van der Waals surface area contributed by atoms with Crippen molar-refractivity contribution in [3.8, 4) is 5.75 Å². The van der Waals surface area contributed by atoms with E-state index in [9.17, 15) is 9.59 Å². The van der Waals surface area contributed by atoms with Crippen molar-refractivity contribution in [2.75, 3.05) is 18.6 Å². The van der Waals surface area contributed by atoms with Gasteiger partial charge >= 0.3 is 0 Å². The van der Waals surface area contributed by atoms with E-state index in [0.717, 1.165) is 29.2 Å². The first-order valence-corrected chi connectivity index (χ1v) is 9.46. The van der Waals surface area contributed by atoms with Gasteiger partial charge in [-0.15, -0.1) is 10.2 Å². The monoisotopic (exact) mass is 374 g/mol. The molecule has 8 heteroatoms. The Balaban J connectivity index is 1.59. The molecule has 2 aromatic rings. The summed E-state index contributed by atoms with van der Waals surface area (Å²) in [6.45, 7) is 2.79. The van der Waals surface area contributed by atoms with Crippen molar-refractivity contribution >= 4 is 28.3 Å². The number of nitrogens with one attached hydrogen (secondary N) is 1. The molecule has 26 heavy (non-hydrogen) atoms. The summed E-state index contributed by atoms with van der Waals surface area (Å²) < 4.78 is 5.29. The van der Waals surface area contributed by atoms with E-state index in [-0.39, 0.29) is 24.2 Å². The molecule has 0 spiro atoms. The standard InChI is InChI=1S/C18H22N4O3S/c1-3-6-15-20-21-18(26-15)22-11-13(9-16(22)23)17(24)19-10-12-7-4-5-8-14(12)25-2/h4-5,7-8,13H,3,6,9-11H2,1-2H3,(H,19,24). The van der Waals surface area contributed by atoms with Crippen LogP contribution in [0, 0.1) is 5.92 Å². The van der Waals surface area contributed by atoms with Gasteiger partial charge in [-0.25, -0.2) is 0 Å². The summed E-state index contributed by atoms with van der Waals surface area (Å²) in [6, 6.07) is 7.54. The smallest absolute Gasteiger partial charge is 0.229 e. The number of benzene rings is 1. The van der Waals surface area contributed by atoms with Crippen molar-refractivity contribution in [1.82, 2.24) is 15.5 Å². The zero-order valence-electron chi connectivity index (χ0n) is 14.9. The second-order valence-corrected chi connectivity index (χ2v) is 7.20. The molecule has 0 saturated carbocycles. The van der Waals surface area contributed by atoms with Gasteiger partial charge in [-0.1, -0.05) is 36.5 Å². The highest BCUT2D eigenvalue weighted by Crippen LogP contribution is 2.28. The molecule has 2 amide bonds. The highest BCUT2D eigenvalue weighted by Gasteiger charge is 2.36. The Kier molecular flexibility index (Phi) is 5.82. The molecule has 0 aliphatic carbocycles. The molecule has 1 N–H and O–H groups in total. The summed E-state index contributed by atoms with van der Waals surface area (Å²) in [5, 5.41) is 12.6.